The van der Waals surface area contributed by atoms with E-state index >= 15 is 0 Å². The quantitative estimate of drug-likeness (QED) is 0.852. The second-order valence-electron chi connectivity index (χ2n) is 6.17. The van der Waals surface area contributed by atoms with Crippen molar-refractivity contribution >= 4 is 30.8 Å². The van der Waals surface area contributed by atoms with Crippen molar-refractivity contribution in [2.45, 2.75) is 19.6 Å². The molecule has 0 radical (unpaired) electrons. The highest BCUT2D eigenvalue weighted by Gasteiger charge is 2.17. The molecule has 4 nitrogen and oxygen atoms in total. The topological polar surface area (TPSA) is 66.4 Å². The minimum Gasteiger partial charge on any atom is -0.478 e. The van der Waals surface area contributed by atoms with Gasteiger partial charge in [0.15, 0.2) is 0 Å². The maximum Gasteiger partial charge on any atom is 0.335 e. The standard InChI is InChI=1S/C17H19NO3Si/c1-22(2,3)15-6-4-5-13(11-15)16(19)18-14-9-7-12(8-10-14)17(20)21/h4-11H,1-3H3,(H,18,19)(H,20,21). The number of hydrogen-bond donors (Lipinski definition) is 2. The summed E-state index contributed by atoms with van der Waals surface area (Å²) in [7, 11) is -1.47. The molecule has 0 bridgehead atoms. The average molecular weight is 313 g/mol. The summed E-state index contributed by atoms with van der Waals surface area (Å²) in [5.41, 5.74) is 1.38. The number of carbonyl (C=O) groups is 2. The highest BCUT2D eigenvalue weighted by Crippen LogP contribution is 2.12. The van der Waals surface area contributed by atoms with Gasteiger partial charge in [-0.15, -0.1) is 0 Å². The van der Waals surface area contributed by atoms with Crippen LogP contribution in [0.2, 0.25) is 19.6 Å². The first-order chi connectivity index (χ1) is 10.3. The summed E-state index contributed by atoms with van der Waals surface area (Å²) in [4.78, 5) is 23.1. The van der Waals surface area contributed by atoms with Crippen LogP contribution in [-0.4, -0.2) is 25.1 Å². The molecule has 2 aromatic carbocycles. The van der Waals surface area contributed by atoms with Gasteiger partial charge in [0.2, 0.25) is 0 Å². The van der Waals surface area contributed by atoms with Crippen molar-refractivity contribution in [3.63, 3.8) is 0 Å². The first kappa shape index (κ1) is 16.0. The van der Waals surface area contributed by atoms with Crippen LogP contribution in [0.15, 0.2) is 48.5 Å². The number of benzene rings is 2. The zero-order valence-corrected chi connectivity index (χ0v) is 13.9. The molecule has 0 spiro atoms. The van der Waals surface area contributed by atoms with Crippen molar-refractivity contribution in [2.24, 2.45) is 0 Å². The monoisotopic (exact) mass is 313 g/mol. The lowest BCUT2D eigenvalue weighted by Crippen LogP contribution is -2.38. The lowest BCUT2D eigenvalue weighted by molar-refractivity contribution is 0.0696. The third kappa shape index (κ3) is 3.83. The zero-order chi connectivity index (χ0) is 16.3. The largest absolute Gasteiger partial charge is 0.478 e. The summed E-state index contributed by atoms with van der Waals surface area (Å²) >= 11 is 0. The predicted octanol–water partition coefficient (Wildman–Crippen LogP) is 3.18. The molecule has 0 unspecified atom stereocenters. The summed E-state index contributed by atoms with van der Waals surface area (Å²) in [6.45, 7) is 6.69. The van der Waals surface area contributed by atoms with Gasteiger partial charge in [-0.2, -0.15) is 0 Å². The Labute approximate surface area is 130 Å². The number of carbonyl (C=O) groups excluding carboxylic acids is 1. The fraction of sp³-hybridized carbons (Fsp3) is 0.176. The van der Waals surface area contributed by atoms with Gasteiger partial charge in [-0.3, -0.25) is 4.79 Å². The van der Waals surface area contributed by atoms with Gasteiger partial charge in [-0.25, -0.2) is 4.79 Å². The third-order valence-corrected chi connectivity index (χ3v) is 5.42. The average Bonchev–Trinajstić information content (AvgIpc) is 2.47. The van der Waals surface area contributed by atoms with Crippen LogP contribution < -0.4 is 10.5 Å². The smallest absolute Gasteiger partial charge is 0.335 e. The van der Waals surface area contributed by atoms with E-state index in [1.165, 1.54) is 17.3 Å². The molecule has 0 heterocycles. The van der Waals surface area contributed by atoms with Crippen LogP contribution in [0.3, 0.4) is 0 Å². The normalized spacial score (nSPS) is 11.0. The fourth-order valence-corrected chi connectivity index (χ4v) is 3.21. The van der Waals surface area contributed by atoms with Crippen LogP contribution in [0.1, 0.15) is 20.7 Å². The predicted molar refractivity (Wildman–Crippen MR) is 90.8 cm³/mol. The number of carboxylic acids is 1. The van der Waals surface area contributed by atoms with E-state index in [0.29, 0.717) is 11.3 Å². The number of amides is 1. The van der Waals surface area contributed by atoms with E-state index in [4.69, 9.17) is 5.11 Å². The zero-order valence-electron chi connectivity index (χ0n) is 12.9. The molecule has 2 rings (SSSR count). The van der Waals surface area contributed by atoms with Crippen LogP contribution in [0.4, 0.5) is 5.69 Å². The lowest BCUT2D eigenvalue weighted by Gasteiger charge is -2.17. The van der Waals surface area contributed by atoms with Crippen LogP contribution in [0.25, 0.3) is 0 Å². The molecule has 0 fully saturated rings. The van der Waals surface area contributed by atoms with E-state index in [0.717, 1.165) is 0 Å². The molecule has 2 aromatic rings. The van der Waals surface area contributed by atoms with Crippen molar-refractivity contribution in [1.29, 1.82) is 0 Å². The molecule has 5 heteroatoms. The first-order valence-electron chi connectivity index (χ1n) is 7.02. The van der Waals surface area contributed by atoms with Crippen LogP contribution in [0, 0.1) is 0 Å². The van der Waals surface area contributed by atoms with E-state index in [9.17, 15) is 9.59 Å². The van der Waals surface area contributed by atoms with Gasteiger partial charge in [0, 0.05) is 11.3 Å². The number of carboxylic acid groups (broad SMARTS) is 1. The van der Waals surface area contributed by atoms with E-state index in [1.807, 2.05) is 12.1 Å². The Morgan fingerprint density at radius 1 is 0.955 bits per heavy atom. The molecule has 1 amide bonds. The highest BCUT2D eigenvalue weighted by molar-refractivity contribution is 6.88. The van der Waals surface area contributed by atoms with Crippen molar-refractivity contribution in [3.05, 3.63) is 59.7 Å². The second-order valence-corrected chi connectivity index (χ2v) is 11.2. The maximum absolute atomic E-state index is 12.3. The van der Waals surface area contributed by atoms with E-state index in [2.05, 4.69) is 31.0 Å². The minimum absolute atomic E-state index is 0.192. The summed E-state index contributed by atoms with van der Waals surface area (Å²) in [6, 6.07) is 13.8. The number of nitrogens with one attached hydrogen (secondary N) is 1. The molecule has 0 aliphatic rings. The van der Waals surface area contributed by atoms with E-state index in [-0.39, 0.29) is 11.5 Å². The SMILES string of the molecule is C[Si](C)(C)c1cccc(C(=O)Nc2ccc(C(=O)O)cc2)c1. The molecule has 114 valence electrons. The van der Waals surface area contributed by atoms with E-state index < -0.39 is 14.0 Å². The Hall–Kier alpha value is -2.40. The summed E-state index contributed by atoms with van der Waals surface area (Å²) in [5, 5.41) is 12.9. The molecule has 22 heavy (non-hydrogen) atoms. The Kier molecular flexibility index (Phi) is 4.47. The van der Waals surface area contributed by atoms with Gasteiger partial charge >= 0.3 is 5.97 Å². The molecule has 2 N–H and O–H groups in total. The van der Waals surface area contributed by atoms with Gasteiger partial charge in [0.25, 0.3) is 5.91 Å². The minimum atomic E-state index is -1.47. The van der Waals surface area contributed by atoms with Crippen molar-refractivity contribution < 1.29 is 14.7 Å². The lowest BCUT2D eigenvalue weighted by atomic mass is 10.2. The molecule has 0 saturated carbocycles. The van der Waals surface area contributed by atoms with Crippen LogP contribution in [0.5, 0.6) is 0 Å². The Morgan fingerprint density at radius 2 is 1.59 bits per heavy atom. The van der Waals surface area contributed by atoms with Crippen molar-refractivity contribution in [2.75, 3.05) is 5.32 Å². The highest BCUT2D eigenvalue weighted by atomic mass is 28.3. The fourth-order valence-electron chi connectivity index (χ4n) is 2.03. The van der Waals surface area contributed by atoms with Crippen LogP contribution >= 0.6 is 0 Å². The summed E-state index contributed by atoms with van der Waals surface area (Å²) in [5.74, 6) is -1.18. The maximum atomic E-state index is 12.3. The number of hydrogen-bond acceptors (Lipinski definition) is 2. The molecule has 0 aliphatic carbocycles. The Bertz CT molecular complexity index is 703. The van der Waals surface area contributed by atoms with Crippen molar-refractivity contribution in [3.8, 4) is 0 Å². The number of anilines is 1. The van der Waals surface area contributed by atoms with Crippen LogP contribution in [-0.2, 0) is 0 Å². The molecule has 0 aliphatic heterocycles. The van der Waals surface area contributed by atoms with Gasteiger partial charge in [-0.05, 0) is 30.3 Å². The van der Waals surface area contributed by atoms with Gasteiger partial charge in [0.05, 0.1) is 13.6 Å². The Morgan fingerprint density at radius 3 is 2.14 bits per heavy atom. The van der Waals surface area contributed by atoms with Gasteiger partial charge in [-0.1, -0.05) is 43.0 Å². The van der Waals surface area contributed by atoms with Gasteiger partial charge in [0.1, 0.15) is 0 Å². The number of rotatable bonds is 4. The summed E-state index contributed by atoms with van der Waals surface area (Å²) < 4.78 is 0. The van der Waals surface area contributed by atoms with Gasteiger partial charge < -0.3 is 10.4 Å². The molecule has 0 aromatic heterocycles. The van der Waals surface area contributed by atoms with E-state index in [1.54, 1.807) is 18.2 Å². The molecular weight excluding hydrogens is 294 g/mol. The first-order valence-corrected chi connectivity index (χ1v) is 10.5. The molecule has 0 atom stereocenters. The molecular formula is C17H19NO3Si. The van der Waals surface area contributed by atoms with Crippen molar-refractivity contribution in [1.82, 2.24) is 0 Å². The third-order valence-electron chi connectivity index (χ3n) is 3.38. The number of aromatic carboxylic acids is 1. The summed E-state index contributed by atoms with van der Waals surface area (Å²) in [6.07, 6.45) is 0. The second kappa shape index (κ2) is 6.15. The molecule has 0 saturated heterocycles. The Balaban J connectivity index is 2.17.